The van der Waals surface area contributed by atoms with Crippen LogP contribution in [0.1, 0.15) is 28.8 Å². The Morgan fingerprint density at radius 3 is 2.68 bits per heavy atom. The molecule has 0 atom stereocenters. The number of allylic oxidation sites excluding steroid dienone is 1. The predicted octanol–water partition coefficient (Wildman–Crippen LogP) is 4.17. The number of hydrogen-bond donors (Lipinski definition) is 0. The van der Waals surface area contributed by atoms with Gasteiger partial charge in [-0.3, -0.25) is 14.2 Å². The van der Waals surface area contributed by atoms with Crippen LogP contribution in [0.4, 0.5) is 0 Å². The SMILES string of the molecule is C=CCn1c(SCc2ccc(C(=O)N3CCCC3)cc2)nc2sccc2c1=O. The van der Waals surface area contributed by atoms with Crippen molar-refractivity contribution in [3.8, 4) is 0 Å². The first-order valence-corrected chi connectivity index (χ1v) is 11.1. The van der Waals surface area contributed by atoms with Gasteiger partial charge in [0, 0.05) is 31.0 Å². The quantitative estimate of drug-likeness (QED) is 0.347. The number of aromatic nitrogens is 2. The molecule has 1 saturated heterocycles. The van der Waals surface area contributed by atoms with Crippen LogP contribution in [0.3, 0.4) is 0 Å². The van der Waals surface area contributed by atoms with E-state index in [0.717, 1.165) is 41.9 Å². The Kier molecular flexibility index (Phi) is 5.64. The molecule has 1 aliphatic rings. The lowest BCUT2D eigenvalue weighted by molar-refractivity contribution is 0.0793. The summed E-state index contributed by atoms with van der Waals surface area (Å²) in [6.07, 6.45) is 3.90. The minimum atomic E-state index is -0.0276. The molecule has 0 bridgehead atoms. The molecule has 1 aromatic carbocycles. The van der Waals surface area contributed by atoms with Crippen molar-refractivity contribution in [2.45, 2.75) is 30.3 Å². The average molecular weight is 412 g/mol. The summed E-state index contributed by atoms with van der Waals surface area (Å²) in [7, 11) is 0. The van der Waals surface area contributed by atoms with E-state index in [2.05, 4.69) is 11.6 Å². The van der Waals surface area contributed by atoms with Gasteiger partial charge in [-0.1, -0.05) is 30.0 Å². The summed E-state index contributed by atoms with van der Waals surface area (Å²) in [5.41, 5.74) is 1.80. The van der Waals surface area contributed by atoms with Crippen LogP contribution in [-0.2, 0) is 12.3 Å². The molecule has 7 heteroatoms. The van der Waals surface area contributed by atoms with Crippen LogP contribution in [-0.4, -0.2) is 33.4 Å². The first-order chi connectivity index (χ1) is 13.7. The highest BCUT2D eigenvalue weighted by atomic mass is 32.2. The van der Waals surface area contributed by atoms with Crippen LogP contribution in [0.25, 0.3) is 10.2 Å². The van der Waals surface area contributed by atoms with Crippen LogP contribution in [0.15, 0.2) is 58.3 Å². The Balaban J connectivity index is 1.51. The van der Waals surface area contributed by atoms with Gasteiger partial charge in [-0.15, -0.1) is 17.9 Å². The van der Waals surface area contributed by atoms with Gasteiger partial charge in [0.25, 0.3) is 11.5 Å². The van der Waals surface area contributed by atoms with Crippen molar-refractivity contribution in [1.29, 1.82) is 0 Å². The van der Waals surface area contributed by atoms with E-state index in [1.54, 1.807) is 10.6 Å². The van der Waals surface area contributed by atoms with Crippen molar-refractivity contribution >= 4 is 39.2 Å². The molecule has 0 radical (unpaired) electrons. The third-order valence-electron chi connectivity index (χ3n) is 4.82. The number of likely N-dealkylation sites (tertiary alicyclic amines) is 1. The van der Waals surface area contributed by atoms with Gasteiger partial charge in [-0.05, 0) is 42.0 Å². The topological polar surface area (TPSA) is 55.2 Å². The Hall–Kier alpha value is -2.38. The van der Waals surface area contributed by atoms with Crippen molar-refractivity contribution in [2.24, 2.45) is 0 Å². The summed E-state index contributed by atoms with van der Waals surface area (Å²) in [6, 6.07) is 9.57. The molecule has 0 saturated carbocycles. The van der Waals surface area contributed by atoms with Crippen molar-refractivity contribution in [1.82, 2.24) is 14.5 Å². The highest BCUT2D eigenvalue weighted by Gasteiger charge is 2.19. The van der Waals surface area contributed by atoms with E-state index in [4.69, 9.17) is 0 Å². The molecule has 1 amide bonds. The van der Waals surface area contributed by atoms with Crippen LogP contribution in [0.5, 0.6) is 0 Å². The van der Waals surface area contributed by atoms with Gasteiger partial charge in [0.2, 0.25) is 0 Å². The van der Waals surface area contributed by atoms with E-state index in [1.165, 1.54) is 23.1 Å². The molecule has 28 heavy (non-hydrogen) atoms. The van der Waals surface area contributed by atoms with Crippen LogP contribution in [0.2, 0.25) is 0 Å². The van der Waals surface area contributed by atoms with E-state index in [-0.39, 0.29) is 11.5 Å². The second-order valence-corrected chi connectivity index (χ2v) is 8.56. The molecule has 0 aliphatic carbocycles. The monoisotopic (exact) mass is 411 g/mol. The van der Waals surface area contributed by atoms with Crippen molar-refractivity contribution in [2.75, 3.05) is 13.1 Å². The van der Waals surface area contributed by atoms with Crippen LogP contribution >= 0.6 is 23.1 Å². The smallest absolute Gasteiger partial charge is 0.263 e. The molecule has 3 heterocycles. The average Bonchev–Trinajstić information content (AvgIpc) is 3.41. The second-order valence-electron chi connectivity index (χ2n) is 6.72. The zero-order valence-electron chi connectivity index (χ0n) is 15.5. The lowest BCUT2D eigenvalue weighted by atomic mass is 10.1. The van der Waals surface area contributed by atoms with Gasteiger partial charge in [-0.2, -0.15) is 0 Å². The van der Waals surface area contributed by atoms with Crippen molar-refractivity contribution < 1.29 is 4.79 Å². The van der Waals surface area contributed by atoms with Gasteiger partial charge >= 0.3 is 0 Å². The fourth-order valence-electron chi connectivity index (χ4n) is 3.32. The number of fused-ring (bicyclic) bond motifs is 1. The summed E-state index contributed by atoms with van der Waals surface area (Å²) in [5.74, 6) is 0.792. The zero-order chi connectivity index (χ0) is 19.5. The van der Waals surface area contributed by atoms with Crippen LogP contribution in [0, 0.1) is 0 Å². The van der Waals surface area contributed by atoms with E-state index >= 15 is 0 Å². The summed E-state index contributed by atoms with van der Waals surface area (Å²) < 4.78 is 1.66. The van der Waals surface area contributed by atoms with Crippen molar-refractivity contribution in [3.63, 3.8) is 0 Å². The van der Waals surface area contributed by atoms with E-state index in [1.807, 2.05) is 40.6 Å². The minimum Gasteiger partial charge on any atom is -0.339 e. The number of carbonyl (C=O) groups is 1. The lowest BCUT2D eigenvalue weighted by Gasteiger charge is -2.15. The van der Waals surface area contributed by atoms with Gasteiger partial charge in [-0.25, -0.2) is 4.98 Å². The van der Waals surface area contributed by atoms with Gasteiger partial charge in [0.05, 0.1) is 5.39 Å². The summed E-state index contributed by atoms with van der Waals surface area (Å²) in [4.78, 5) is 32.5. The fourth-order valence-corrected chi connectivity index (χ4v) is 5.09. The zero-order valence-corrected chi connectivity index (χ0v) is 17.1. The largest absolute Gasteiger partial charge is 0.339 e. The predicted molar refractivity (Wildman–Crippen MR) is 115 cm³/mol. The molecule has 0 N–H and O–H groups in total. The maximum absolute atomic E-state index is 12.7. The molecule has 1 aliphatic heterocycles. The third-order valence-corrected chi connectivity index (χ3v) is 6.68. The van der Waals surface area contributed by atoms with Gasteiger partial charge in [0.15, 0.2) is 5.16 Å². The van der Waals surface area contributed by atoms with Crippen LogP contribution < -0.4 is 5.56 Å². The molecule has 5 nitrogen and oxygen atoms in total. The summed E-state index contributed by atoms with van der Waals surface area (Å²) in [5, 5.41) is 3.24. The van der Waals surface area contributed by atoms with Gasteiger partial charge < -0.3 is 4.90 Å². The third kappa shape index (κ3) is 3.77. The second kappa shape index (κ2) is 8.32. The van der Waals surface area contributed by atoms with E-state index < -0.39 is 0 Å². The molecule has 144 valence electrons. The Labute approximate surface area is 171 Å². The molecule has 4 rings (SSSR count). The number of nitrogens with zero attached hydrogens (tertiary/aromatic N) is 3. The van der Waals surface area contributed by atoms with E-state index in [9.17, 15) is 9.59 Å². The molecule has 3 aromatic rings. The number of hydrogen-bond acceptors (Lipinski definition) is 5. The molecule has 1 fully saturated rings. The standard InChI is InChI=1S/C21H21N3O2S2/c1-2-10-24-20(26)17-9-13-27-18(17)22-21(24)28-14-15-5-7-16(8-6-15)19(25)23-11-3-4-12-23/h2,5-9,13H,1,3-4,10-12,14H2. The number of rotatable bonds is 6. The van der Waals surface area contributed by atoms with Gasteiger partial charge in [0.1, 0.15) is 4.83 Å². The molecular weight excluding hydrogens is 390 g/mol. The molecule has 0 spiro atoms. The Morgan fingerprint density at radius 1 is 1.21 bits per heavy atom. The normalized spacial score (nSPS) is 13.9. The summed E-state index contributed by atoms with van der Waals surface area (Å²) in [6.45, 7) is 5.90. The fraction of sp³-hybridized carbons (Fsp3) is 0.286. The number of amides is 1. The number of thioether (sulfide) groups is 1. The van der Waals surface area contributed by atoms with E-state index in [0.29, 0.717) is 22.8 Å². The minimum absolute atomic E-state index is 0.0276. The highest BCUT2D eigenvalue weighted by molar-refractivity contribution is 7.98. The Morgan fingerprint density at radius 2 is 1.96 bits per heavy atom. The first kappa shape index (κ1) is 19.0. The van der Waals surface area contributed by atoms with Crippen molar-refractivity contribution in [3.05, 3.63) is 69.8 Å². The summed E-state index contributed by atoms with van der Waals surface area (Å²) >= 11 is 3.00. The number of benzene rings is 1. The number of carbonyl (C=O) groups excluding carboxylic acids is 1. The molecule has 0 unspecified atom stereocenters. The highest BCUT2D eigenvalue weighted by Crippen LogP contribution is 2.24. The lowest BCUT2D eigenvalue weighted by Crippen LogP contribution is -2.27. The maximum atomic E-state index is 12.7. The Bertz CT molecular complexity index is 1060. The first-order valence-electron chi connectivity index (χ1n) is 9.27. The number of thiophene rings is 1. The molecule has 2 aromatic heterocycles. The maximum Gasteiger partial charge on any atom is 0.263 e. The molecular formula is C21H21N3O2S2.